The highest BCUT2D eigenvalue weighted by molar-refractivity contribution is 8.15. The minimum atomic E-state index is 0.00194. The number of hydrogen-bond donors (Lipinski definition) is 2. The number of rotatable bonds is 4. The molecule has 1 aromatic heterocycles. The quantitative estimate of drug-likeness (QED) is 0.260. The molecule has 4 aromatic rings. The van der Waals surface area contributed by atoms with Crippen molar-refractivity contribution >= 4 is 51.3 Å². The number of fused-ring (bicyclic) bond motifs is 1. The van der Waals surface area contributed by atoms with Gasteiger partial charge in [0.15, 0.2) is 5.17 Å². The summed E-state index contributed by atoms with van der Waals surface area (Å²) in [5.41, 5.74) is 12.4. The number of anilines is 2. The number of hydrogen-bond acceptors (Lipinski definition) is 5. The fourth-order valence-electron chi connectivity index (χ4n) is 3.81. The SMILES string of the molecule is Cc1cccc(N2C(=O)CSC2=N/N=C\c2c(-c3cccc(N)c3)[nH]c3ccccc23)c1. The molecule has 0 aliphatic carbocycles. The molecular weight excluding hydrogens is 418 g/mol. The van der Waals surface area contributed by atoms with E-state index < -0.39 is 0 Å². The highest BCUT2D eigenvalue weighted by Crippen LogP contribution is 2.31. The van der Waals surface area contributed by atoms with Gasteiger partial charge in [0.25, 0.3) is 0 Å². The molecule has 0 atom stereocenters. The Morgan fingerprint density at radius 2 is 1.91 bits per heavy atom. The molecule has 3 aromatic carbocycles. The molecule has 158 valence electrons. The van der Waals surface area contributed by atoms with E-state index in [4.69, 9.17) is 5.73 Å². The number of amides is 1. The summed E-state index contributed by atoms with van der Waals surface area (Å²) in [5.74, 6) is 0.353. The minimum Gasteiger partial charge on any atom is -0.399 e. The summed E-state index contributed by atoms with van der Waals surface area (Å²) in [6.45, 7) is 2.00. The van der Waals surface area contributed by atoms with Gasteiger partial charge in [0.1, 0.15) is 0 Å². The molecule has 0 radical (unpaired) electrons. The Balaban J connectivity index is 1.54. The summed E-state index contributed by atoms with van der Waals surface area (Å²) in [6, 6.07) is 23.6. The first-order valence-corrected chi connectivity index (χ1v) is 11.2. The third-order valence-corrected chi connectivity index (χ3v) is 6.19. The smallest absolute Gasteiger partial charge is 0.243 e. The van der Waals surface area contributed by atoms with Crippen molar-refractivity contribution in [3.8, 4) is 11.3 Å². The molecule has 1 aliphatic rings. The van der Waals surface area contributed by atoms with Gasteiger partial charge < -0.3 is 10.7 Å². The van der Waals surface area contributed by atoms with E-state index in [1.807, 2.05) is 79.7 Å². The van der Waals surface area contributed by atoms with Gasteiger partial charge in [-0.05, 0) is 42.8 Å². The molecule has 0 saturated carbocycles. The van der Waals surface area contributed by atoms with Crippen molar-refractivity contribution in [2.75, 3.05) is 16.4 Å². The second-order valence-electron chi connectivity index (χ2n) is 7.57. The van der Waals surface area contributed by atoms with Gasteiger partial charge in [-0.3, -0.25) is 9.69 Å². The number of H-pyrrole nitrogens is 1. The Kier molecular flexibility index (Phi) is 5.25. The van der Waals surface area contributed by atoms with E-state index in [1.54, 1.807) is 11.1 Å². The highest BCUT2D eigenvalue weighted by atomic mass is 32.2. The van der Waals surface area contributed by atoms with Crippen LogP contribution in [0.5, 0.6) is 0 Å². The lowest BCUT2D eigenvalue weighted by molar-refractivity contribution is -0.115. The molecule has 1 amide bonds. The zero-order valence-electron chi connectivity index (χ0n) is 17.4. The van der Waals surface area contributed by atoms with E-state index in [2.05, 4.69) is 15.2 Å². The number of para-hydroxylation sites is 1. The number of aromatic nitrogens is 1. The maximum absolute atomic E-state index is 12.5. The summed E-state index contributed by atoms with van der Waals surface area (Å²) in [7, 11) is 0. The van der Waals surface area contributed by atoms with E-state index in [0.29, 0.717) is 16.6 Å². The summed E-state index contributed by atoms with van der Waals surface area (Å²) >= 11 is 1.39. The lowest BCUT2D eigenvalue weighted by Crippen LogP contribution is -2.29. The topological polar surface area (TPSA) is 86.8 Å². The number of amidine groups is 1. The van der Waals surface area contributed by atoms with Crippen molar-refractivity contribution < 1.29 is 4.79 Å². The molecule has 0 bridgehead atoms. The van der Waals surface area contributed by atoms with Gasteiger partial charge in [-0.2, -0.15) is 5.10 Å². The molecule has 7 heteroatoms. The number of thioether (sulfide) groups is 1. The number of nitrogens with one attached hydrogen (secondary N) is 1. The molecule has 5 rings (SSSR count). The number of aryl methyl sites for hydroxylation is 1. The molecule has 3 N–H and O–H groups in total. The number of aromatic amines is 1. The largest absolute Gasteiger partial charge is 0.399 e. The monoisotopic (exact) mass is 439 g/mol. The number of nitrogens with two attached hydrogens (primary N) is 1. The Morgan fingerprint density at radius 1 is 1.06 bits per heavy atom. The number of benzene rings is 3. The fraction of sp³-hybridized carbons (Fsp3) is 0.0800. The first-order valence-electron chi connectivity index (χ1n) is 10.2. The summed E-state index contributed by atoms with van der Waals surface area (Å²) in [4.78, 5) is 17.6. The Hall–Kier alpha value is -3.84. The van der Waals surface area contributed by atoms with Crippen LogP contribution in [0.4, 0.5) is 11.4 Å². The molecule has 32 heavy (non-hydrogen) atoms. The lowest BCUT2D eigenvalue weighted by Gasteiger charge is -2.15. The lowest BCUT2D eigenvalue weighted by atomic mass is 10.1. The van der Waals surface area contributed by atoms with Crippen LogP contribution >= 0.6 is 11.8 Å². The van der Waals surface area contributed by atoms with Gasteiger partial charge >= 0.3 is 0 Å². The van der Waals surface area contributed by atoms with Crippen LogP contribution in [0.2, 0.25) is 0 Å². The van der Waals surface area contributed by atoms with E-state index in [9.17, 15) is 4.79 Å². The van der Waals surface area contributed by atoms with Crippen LogP contribution in [-0.2, 0) is 4.79 Å². The number of carbonyl (C=O) groups excluding carboxylic acids is 1. The summed E-state index contributed by atoms with van der Waals surface area (Å²) in [5, 5.41) is 10.4. The van der Waals surface area contributed by atoms with Crippen LogP contribution in [0.1, 0.15) is 11.1 Å². The third kappa shape index (κ3) is 3.78. The first kappa shape index (κ1) is 20.1. The van der Waals surface area contributed by atoms with Gasteiger partial charge in [0.2, 0.25) is 5.91 Å². The summed E-state index contributed by atoms with van der Waals surface area (Å²) in [6.07, 6.45) is 1.74. The van der Waals surface area contributed by atoms with Crippen molar-refractivity contribution in [1.29, 1.82) is 0 Å². The van der Waals surface area contributed by atoms with Crippen LogP contribution in [-0.4, -0.2) is 28.0 Å². The number of carbonyl (C=O) groups is 1. The van der Waals surface area contributed by atoms with E-state index in [-0.39, 0.29) is 5.91 Å². The Morgan fingerprint density at radius 3 is 2.75 bits per heavy atom. The second-order valence-corrected chi connectivity index (χ2v) is 8.51. The first-order chi connectivity index (χ1) is 15.6. The molecule has 6 nitrogen and oxygen atoms in total. The second kappa shape index (κ2) is 8.36. The average molecular weight is 440 g/mol. The number of nitrogen functional groups attached to an aromatic ring is 1. The van der Waals surface area contributed by atoms with Crippen LogP contribution in [0.3, 0.4) is 0 Å². The Labute approximate surface area is 189 Å². The van der Waals surface area contributed by atoms with Gasteiger partial charge in [-0.1, -0.05) is 54.2 Å². The normalized spacial score (nSPS) is 15.5. The molecule has 0 unspecified atom stereocenters. The van der Waals surface area contributed by atoms with Crippen molar-refractivity contribution in [3.05, 3.63) is 83.9 Å². The fourth-order valence-corrected chi connectivity index (χ4v) is 4.64. The Bertz CT molecular complexity index is 1390. The molecule has 2 heterocycles. The van der Waals surface area contributed by atoms with Crippen LogP contribution in [0.15, 0.2) is 83.0 Å². The van der Waals surface area contributed by atoms with Crippen LogP contribution in [0, 0.1) is 6.92 Å². The van der Waals surface area contributed by atoms with E-state index in [0.717, 1.165) is 39.0 Å². The predicted octanol–water partition coefficient (Wildman–Crippen LogP) is 5.20. The third-order valence-electron chi connectivity index (χ3n) is 5.28. The van der Waals surface area contributed by atoms with Crippen LogP contribution < -0.4 is 10.6 Å². The standard InChI is InChI=1S/C25H21N5OS/c1-16-6-4-9-19(12-16)30-23(31)15-32-25(30)29-27-14-21-20-10-2-3-11-22(20)28-24(21)17-7-5-8-18(26)13-17/h2-14,28H,15,26H2,1H3/b27-14-,29-25?. The number of nitrogens with zero attached hydrogens (tertiary/aromatic N) is 3. The van der Waals surface area contributed by atoms with Crippen molar-refractivity contribution in [3.63, 3.8) is 0 Å². The molecular formula is C25H21N5OS. The maximum atomic E-state index is 12.5. The van der Waals surface area contributed by atoms with Crippen molar-refractivity contribution in [2.24, 2.45) is 10.2 Å². The molecule has 1 saturated heterocycles. The zero-order chi connectivity index (χ0) is 22.1. The van der Waals surface area contributed by atoms with Gasteiger partial charge in [-0.15, -0.1) is 5.10 Å². The van der Waals surface area contributed by atoms with Gasteiger partial charge in [0.05, 0.1) is 23.3 Å². The molecule has 1 aliphatic heterocycles. The highest BCUT2D eigenvalue weighted by Gasteiger charge is 2.29. The minimum absolute atomic E-state index is 0.00194. The van der Waals surface area contributed by atoms with E-state index >= 15 is 0 Å². The van der Waals surface area contributed by atoms with Crippen molar-refractivity contribution in [1.82, 2.24) is 4.98 Å². The van der Waals surface area contributed by atoms with E-state index in [1.165, 1.54) is 11.8 Å². The zero-order valence-corrected chi connectivity index (χ0v) is 18.3. The maximum Gasteiger partial charge on any atom is 0.243 e. The molecule has 1 fully saturated rings. The van der Waals surface area contributed by atoms with Crippen molar-refractivity contribution in [2.45, 2.75) is 6.92 Å². The summed E-state index contributed by atoms with van der Waals surface area (Å²) < 4.78 is 0. The van der Waals surface area contributed by atoms with Gasteiger partial charge in [-0.25, -0.2) is 0 Å². The van der Waals surface area contributed by atoms with Gasteiger partial charge in [0, 0.05) is 27.7 Å². The molecule has 0 spiro atoms. The average Bonchev–Trinajstić information content (AvgIpc) is 3.34. The predicted molar refractivity (Wildman–Crippen MR) is 134 cm³/mol. The van der Waals surface area contributed by atoms with Crippen LogP contribution in [0.25, 0.3) is 22.2 Å².